The molecule has 344 valence electrons. The topological polar surface area (TPSA) is 152 Å². The number of amides is 2. The van der Waals surface area contributed by atoms with Crippen LogP contribution < -0.4 is 29.5 Å². The lowest BCUT2D eigenvalue weighted by molar-refractivity contribution is -0.141. The number of nitrogens with one attached hydrogen (secondary N) is 1. The van der Waals surface area contributed by atoms with Crippen LogP contribution in [0, 0.1) is 56.6 Å². The van der Waals surface area contributed by atoms with Crippen LogP contribution in [0.15, 0.2) is 72.8 Å². The fourth-order valence-electron chi connectivity index (χ4n) is 8.87. The number of piperidine rings is 2. The van der Waals surface area contributed by atoms with Crippen LogP contribution in [0.2, 0.25) is 10.0 Å². The molecule has 0 bridgehead atoms. The predicted molar refractivity (Wildman–Crippen MR) is 250 cm³/mol. The van der Waals surface area contributed by atoms with Crippen LogP contribution in [0.5, 0.6) is 11.5 Å². The first-order chi connectivity index (χ1) is 31.5. The number of halogens is 4. The Balaban J connectivity index is 0.000000197. The zero-order valence-corrected chi connectivity index (χ0v) is 38.8. The van der Waals surface area contributed by atoms with E-state index in [9.17, 15) is 34.2 Å². The van der Waals surface area contributed by atoms with Crippen molar-refractivity contribution in [2.24, 2.45) is 10.8 Å². The quantitative estimate of drug-likeness (QED) is 0.171. The first-order valence-corrected chi connectivity index (χ1v) is 22.5. The summed E-state index contributed by atoms with van der Waals surface area (Å²) in [6.07, 6.45) is 3.88. The first-order valence-electron chi connectivity index (χ1n) is 21.7. The van der Waals surface area contributed by atoms with Gasteiger partial charge in [-0.15, -0.1) is 0 Å². The third-order valence-electron chi connectivity index (χ3n) is 12.8. The predicted octanol–water partition coefficient (Wildman–Crippen LogP) is 8.06. The Bertz CT molecular complexity index is 2560. The molecule has 66 heavy (non-hydrogen) atoms. The third-order valence-corrected chi connectivity index (χ3v) is 13.4. The molecule has 4 aromatic rings. The van der Waals surface area contributed by atoms with E-state index in [1.807, 2.05) is 50.1 Å². The van der Waals surface area contributed by atoms with Gasteiger partial charge in [0.05, 0.1) is 68.9 Å². The van der Waals surface area contributed by atoms with Crippen molar-refractivity contribution in [1.82, 2.24) is 9.80 Å². The Morgan fingerprint density at radius 1 is 0.697 bits per heavy atom. The highest BCUT2D eigenvalue weighted by Gasteiger charge is 2.42. The number of carbonyl (C=O) groups excluding carboxylic acids is 2. The smallest absolute Gasteiger partial charge is 0.265 e. The lowest BCUT2D eigenvalue weighted by atomic mass is 9.75. The highest BCUT2D eigenvalue weighted by Crippen LogP contribution is 2.43. The molecule has 2 atom stereocenters. The standard InChI is InChI=1S/C25H25ClFN5O2.C24H26ClFN4O2/c1-30(2)20-12-22-21(11-19(20)26)32(16-29)14-23(34-22)24(33)31-9-7-25(15-28,8-10-31)13-17-3-5-18(27)6-4-17;1-29(2)20-12-21-19(11-18(20)25)28-14-22(32-21)23(31)30-9-7-24(15-27,8-10-30)13-16-3-5-17(26)6-4-16/h3-6,11-12,23H,7-10,13-14H2,1-2H3;3-6,11-12,22,28H,7-10,13-14H2,1-2H3. The average Bonchev–Trinajstić information content (AvgIpc) is 3.32. The summed E-state index contributed by atoms with van der Waals surface area (Å²) in [5.74, 6) is 0.137. The number of rotatable bonds is 8. The number of nitrogens with zero attached hydrogens (tertiary/aromatic N) is 8. The molecule has 13 nitrogen and oxygen atoms in total. The molecule has 4 aliphatic heterocycles. The molecule has 2 saturated heterocycles. The molecule has 2 fully saturated rings. The van der Waals surface area contributed by atoms with Gasteiger partial charge in [0.1, 0.15) is 23.1 Å². The number of benzene rings is 4. The minimum atomic E-state index is -0.838. The molecule has 0 radical (unpaired) electrons. The molecule has 4 heterocycles. The number of carbonyl (C=O) groups is 2. The average molecular weight is 939 g/mol. The summed E-state index contributed by atoms with van der Waals surface area (Å²) in [6.45, 7) is 2.26. The van der Waals surface area contributed by atoms with Crippen LogP contribution in [0.3, 0.4) is 0 Å². The van der Waals surface area contributed by atoms with Gasteiger partial charge < -0.3 is 34.4 Å². The number of nitriles is 3. The molecule has 0 aromatic heterocycles. The van der Waals surface area contributed by atoms with Crippen LogP contribution in [-0.4, -0.2) is 101 Å². The van der Waals surface area contributed by atoms with Crippen molar-refractivity contribution in [2.75, 3.05) is 87.5 Å². The van der Waals surface area contributed by atoms with Gasteiger partial charge in [-0.05, 0) is 86.1 Å². The van der Waals surface area contributed by atoms with Gasteiger partial charge >= 0.3 is 0 Å². The molecular formula is C49H51Cl2F2N9O4. The maximum atomic E-state index is 13.3. The van der Waals surface area contributed by atoms with Crippen LogP contribution in [-0.2, 0) is 22.4 Å². The SMILES string of the molecule is CN(C)c1cc2c(cc1Cl)N(C#N)CC(C(=O)N1CCC(C#N)(Cc3ccc(F)cc3)CC1)O2.CN(C)c1cc2c(cc1Cl)NCC(C(=O)N1CCC(C#N)(Cc3ccc(F)cc3)CC1)O2. The van der Waals surface area contributed by atoms with Crippen LogP contribution in [0.25, 0.3) is 0 Å². The second-order valence-corrected chi connectivity index (χ2v) is 18.5. The number of anilines is 4. The summed E-state index contributed by atoms with van der Waals surface area (Å²) in [4.78, 5) is 35.1. The molecule has 17 heteroatoms. The van der Waals surface area contributed by atoms with Crippen molar-refractivity contribution in [3.8, 4) is 29.8 Å². The maximum Gasteiger partial charge on any atom is 0.265 e. The van der Waals surface area contributed by atoms with E-state index in [0.29, 0.717) is 98.5 Å². The highest BCUT2D eigenvalue weighted by molar-refractivity contribution is 6.34. The van der Waals surface area contributed by atoms with Crippen molar-refractivity contribution < 1.29 is 27.8 Å². The lowest BCUT2D eigenvalue weighted by Crippen LogP contribution is -2.52. The molecule has 2 amide bonds. The Morgan fingerprint density at radius 3 is 1.59 bits per heavy atom. The highest BCUT2D eigenvalue weighted by atomic mass is 35.5. The van der Waals surface area contributed by atoms with Crippen LogP contribution in [0.1, 0.15) is 36.8 Å². The van der Waals surface area contributed by atoms with Crippen LogP contribution >= 0.6 is 23.2 Å². The van der Waals surface area contributed by atoms with E-state index in [0.717, 1.165) is 28.2 Å². The van der Waals surface area contributed by atoms with E-state index < -0.39 is 23.0 Å². The summed E-state index contributed by atoms with van der Waals surface area (Å²) in [5, 5.41) is 33.7. The Labute approximate surface area is 394 Å². The normalized spacial score (nSPS) is 19.0. The molecule has 0 saturated carbocycles. The molecule has 8 rings (SSSR count). The van der Waals surface area contributed by atoms with Crippen molar-refractivity contribution in [3.05, 3.63) is 106 Å². The Hall–Kier alpha value is -6.47. The van der Waals surface area contributed by atoms with Crippen molar-refractivity contribution in [2.45, 2.75) is 50.7 Å². The first kappa shape index (κ1) is 47.5. The molecule has 1 N–H and O–H groups in total. The van der Waals surface area contributed by atoms with E-state index in [-0.39, 0.29) is 30.0 Å². The van der Waals surface area contributed by atoms with Gasteiger partial charge in [0.2, 0.25) is 0 Å². The largest absolute Gasteiger partial charge is 0.476 e. The van der Waals surface area contributed by atoms with Crippen molar-refractivity contribution in [3.63, 3.8) is 0 Å². The van der Waals surface area contributed by atoms with E-state index in [1.165, 1.54) is 29.2 Å². The third kappa shape index (κ3) is 10.5. The number of hydrogen-bond acceptors (Lipinski definition) is 11. The summed E-state index contributed by atoms with van der Waals surface area (Å²) in [7, 11) is 7.49. The van der Waals surface area contributed by atoms with Gasteiger partial charge in [0.15, 0.2) is 18.4 Å². The monoisotopic (exact) mass is 937 g/mol. The van der Waals surface area contributed by atoms with Gasteiger partial charge in [0, 0.05) is 66.5 Å². The zero-order valence-electron chi connectivity index (χ0n) is 37.3. The minimum Gasteiger partial charge on any atom is -0.476 e. The van der Waals surface area contributed by atoms with Crippen LogP contribution in [0.4, 0.5) is 31.5 Å². The molecule has 4 aliphatic rings. The van der Waals surface area contributed by atoms with Gasteiger partial charge in [-0.25, -0.2) is 8.78 Å². The molecule has 2 unspecified atom stereocenters. The zero-order chi connectivity index (χ0) is 47.3. The summed E-state index contributed by atoms with van der Waals surface area (Å²) in [5.41, 5.74) is 3.51. The summed E-state index contributed by atoms with van der Waals surface area (Å²) < 4.78 is 38.5. The van der Waals surface area contributed by atoms with Crippen molar-refractivity contribution in [1.29, 1.82) is 15.8 Å². The fraction of sp³-hybridized carbons (Fsp3) is 0.408. The van der Waals surface area contributed by atoms with E-state index in [2.05, 4.69) is 23.6 Å². The summed E-state index contributed by atoms with van der Waals surface area (Å²) >= 11 is 12.7. The van der Waals surface area contributed by atoms with E-state index in [4.69, 9.17) is 32.7 Å². The fourth-order valence-corrected chi connectivity index (χ4v) is 9.53. The second-order valence-electron chi connectivity index (χ2n) is 17.7. The van der Waals surface area contributed by atoms with Gasteiger partial charge in [-0.2, -0.15) is 15.8 Å². The lowest BCUT2D eigenvalue weighted by Gasteiger charge is -2.40. The molecular weight excluding hydrogens is 887 g/mol. The molecule has 0 spiro atoms. The van der Waals surface area contributed by atoms with E-state index >= 15 is 0 Å². The van der Waals surface area contributed by atoms with Gasteiger partial charge in [0.25, 0.3) is 11.8 Å². The van der Waals surface area contributed by atoms with Gasteiger partial charge in [-0.1, -0.05) is 47.5 Å². The number of ether oxygens (including phenoxy) is 2. The number of hydrogen-bond donors (Lipinski definition) is 1. The molecule has 0 aliphatic carbocycles. The Morgan fingerprint density at radius 2 is 1.14 bits per heavy atom. The minimum absolute atomic E-state index is 0.0853. The summed E-state index contributed by atoms with van der Waals surface area (Å²) in [6, 6.07) is 24.4. The molecule has 4 aromatic carbocycles. The number of fused-ring (bicyclic) bond motifs is 2. The maximum absolute atomic E-state index is 13.3. The van der Waals surface area contributed by atoms with Crippen molar-refractivity contribution >= 4 is 57.8 Å². The van der Waals surface area contributed by atoms with E-state index in [1.54, 1.807) is 46.2 Å². The van der Waals surface area contributed by atoms with Gasteiger partial charge in [-0.3, -0.25) is 14.5 Å². The second kappa shape index (κ2) is 20.0. The number of likely N-dealkylation sites (tertiary alicyclic amines) is 2. The Kier molecular flexibility index (Phi) is 14.4.